The highest BCUT2D eigenvalue weighted by Crippen LogP contribution is 2.27. The summed E-state index contributed by atoms with van der Waals surface area (Å²) in [5.74, 6) is 1.89. The lowest BCUT2D eigenvalue weighted by molar-refractivity contribution is 0.336. The first kappa shape index (κ1) is 13.1. The molecule has 0 aromatic carbocycles. The molecular formula is C14H23N3O. The van der Waals surface area contributed by atoms with Crippen LogP contribution in [0.2, 0.25) is 0 Å². The Morgan fingerprint density at radius 3 is 3.17 bits per heavy atom. The summed E-state index contributed by atoms with van der Waals surface area (Å²) in [7, 11) is 0. The Morgan fingerprint density at radius 2 is 2.39 bits per heavy atom. The molecule has 1 saturated heterocycles. The van der Waals surface area contributed by atoms with Gasteiger partial charge in [-0.05, 0) is 38.4 Å². The van der Waals surface area contributed by atoms with Crippen LogP contribution in [0.15, 0.2) is 18.3 Å². The highest BCUT2D eigenvalue weighted by atomic mass is 16.5. The van der Waals surface area contributed by atoms with Crippen LogP contribution >= 0.6 is 0 Å². The number of piperidine rings is 1. The van der Waals surface area contributed by atoms with E-state index in [1.807, 2.05) is 25.3 Å². The Hall–Kier alpha value is -1.29. The molecule has 0 aliphatic carbocycles. The van der Waals surface area contributed by atoms with Gasteiger partial charge < -0.3 is 15.0 Å². The third kappa shape index (κ3) is 3.13. The van der Waals surface area contributed by atoms with Crippen molar-refractivity contribution in [2.45, 2.75) is 32.7 Å². The molecule has 1 unspecified atom stereocenters. The summed E-state index contributed by atoms with van der Waals surface area (Å²) in [6, 6.07) is 4.50. The third-order valence-corrected chi connectivity index (χ3v) is 3.26. The predicted molar refractivity (Wildman–Crippen MR) is 74.3 cm³/mol. The summed E-state index contributed by atoms with van der Waals surface area (Å²) in [6.07, 6.45) is 4.30. The molecular weight excluding hydrogens is 226 g/mol. The molecule has 1 aromatic heterocycles. The summed E-state index contributed by atoms with van der Waals surface area (Å²) in [5, 5.41) is 3.53. The molecule has 0 spiro atoms. The Labute approximate surface area is 109 Å². The molecule has 1 aromatic rings. The van der Waals surface area contributed by atoms with Gasteiger partial charge in [0.1, 0.15) is 0 Å². The van der Waals surface area contributed by atoms with Crippen LogP contribution < -0.4 is 15.0 Å². The van der Waals surface area contributed by atoms with Crippen LogP contribution in [0.4, 0.5) is 5.82 Å². The van der Waals surface area contributed by atoms with Gasteiger partial charge in [0.2, 0.25) is 0 Å². The molecule has 4 nitrogen and oxygen atoms in total. The van der Waals surface area contributed by atoms with Crippen LogP contribution in [-0.2, 0) is 0 Å². The molecule has 2 heterocycles. The van der Waals surface area contributed by atoms with Crippen molar-refractivity contribution < 1.29 is 4.74 Å². The van der Waals surface area contributed by atoms with Gasteiger partial charge in [0.25, 0.3) is 0 Å². The second kappa shape index (κ2) is 6.59. The van der Waals surface area contributed by atoms with Crippen LogP contribution in [0.25, 0.3) is 0 Å². The molecule has 100 valence electrons. The lowest BCUT2D eigenvalue weighted by atomic mass is 10.1. The number of nitrogens with one attached hydrogen (secondary N) is 1. The summed E-state index contributed by atoms with van der Waals surface area (Å²) < 4.78 is 5.66. The van der Waals surface area contributed by atoms with Gasteiger partial charge in [-0.1, -0.05) is 6.92 Å². The number of ether oxygens (including phenoxy) is 1. The first-order valence-electron chi connectivity index (χ1n) is 6.91. The lowest BCUT2D eigenvalue weighted by Crippen LogP contribution is -2.46. The molecule has 18 heavy (non-hydrogen) atoms. The second-order valence-electron chi connectivity index (χ2n) is 4.60. The molecule has 1 N–H and O–H groups in total. The maximum absolute atomic E-state index is 5.66. The Bertz CT molecular complexity index is 368. The van der Waals surface area contributed by atoms with Crippen LogP contribution in [0.5, 0.6) is 5.75 Å². The smallest absolute Gasteiger partial charge is 0.171 e. The maximum atomic E-state index is 5.66. The minimum atomic E-state index is 0.570. The van der Waals surface area contributed by atoms with Gasteiger partial charge in [0, 0.05) is 25.3 Å². The van der Waals surface area contributed by atoms with Gasteiger partial charge in [0.15, 0.2) is 11.6 Å². The van der Waals surface area contributed by atoms with Crippen molar-refractivity contribution in [2.75, 3.05) is 31.1 Å². The zero-order valence-electron chi connectivity index (χ0n) is 11.4. The molecule has 1 fully saturated rings. The van der Waals surface area contributed by atoms with Crippen molar-refractivity contribution in [1.29, 1.82) is 0 Å². The van der Waals surface area contributed by atoms with Gasteiger partial charge >= 0.3 is 0 Å². The minimum Gasteiger partial charge on any atom is -0.490 e. The van der Waals surface area contributed by atoms with Gasteiger partial charge in [-0.25, -0.2) is 4.98 Å². The number of aromatic nitrogens is 1. The predicted octanol–water partition coefficient (Wildman–Crippen LogP) is 2.06. The Kier molecular flexibility index (Phi) is 4.81. The number of nitrogens with zero attached hydrogens (tertiary/aromatic N) is 2. The molecule has 0 bridgehead atoms. The SMILES string of the molecule is CCNC1CCCN(c2ncccc2OCC)C1. The number of likely N-dealkylation sites (N-methyl/N-ethyl adjacent to an activating group) is 1. The van der Waals surface area contributed by atoms with E-state index in [0.29, 0.717) is 12.6 Å². The van der Waals surface area contributed by atoms with Crippen molar-refractivity contribution in [3.63, 3.8) is 0 Å². The number of hydrogen-bond acceptors (Lipinski definition) is 4. The quantitative estimate of drug-likeness (QED) is 0.866. The van der Waals surface area contributed by atoms with E-state index in [1.165, 1.54) is 12.8 Å². The Balaban J connectivity index is 2.10. The first-order chi connectivity index (χ1) is 8.85. The van der Waals surface area contributed by atoms with Gasteiger partial charge in [0.05, 0.1) is 6.61 Å². The molecule has 0 radical (unpaired) electrons. The zero-order chi connectivity index (χ0) is 12.8. The minimum absolute atomic E-state index is 0.570. The van der Waals surface area contributed by atoms with Gasteiger partial charge in [-0.3, -0.25) is 0 Å². The standard InChI is InChI=1S/C14H23N3O/c1-3-15-12-7-6-10-17(11-12)14-13(18-4-2)8-5-9-16-14/h5,8-9,12,15H,3-4,6-7,10-11H2,1-2H3. The van der Waals surface area contributed by atoms with Crippen LogP contribution in [-0.4, -0.2) is 37.3 Å². The third-order valence-electron chi connectivity index (χ3n) is 3.26. The topological polar surface area (TPSA) is 37.4 Å². The molecule has 1 aliphatic rings. The second-order valence-corrected chi connectivity index (χ2v) is 4.60. The summed E-state index contributed by atoms with van der Waals surface area (Å²) in [6.45, 7) is 7.96. The first-order valence-corrected chi connectivity index (χ1v) is 6.91. The van der Waals surface area contributed by atoms with Gasteiger partial charge in [-0.15, -0.1) is 0 Å². The molecule has 1 aliphatic heterocycles. The number of anilines is 1. The van der Waals surface area contributed by atoms with Crippen molar-refractivity contribution >= 4 is 5.82 Å². The van der Waals surface area contributed by atoms with E-state index in [9.17, 15) is 0 Å². The fourth-order valence-corrected chi connectivity index (χ4v) is 2.51. The monoisotopic (exact) mass is 249 g/mol. The van der Waals surface area contributed by atoms with Crippen molar-refractivity contribution in [3.8, 4) is 5.75 Å². The van der Waals surface area contributed by atoms with Crippen LogP contribution in [0.3, 0.4) is 0 Å². The summed E-state index contributed by atoms with van der Waals surface area (Å²) in [5.41, 5.74) is 0. The van der Waals surface area contributed by atoms with E-state index in [1.54, 1.807) is 0 Å². The normalized spacial score (nSPS) is 19.9. The van der Waals surface area contributed by atoms with Gasteiger partial charge in [-0.2, -0.15) is 0 Å². The molecule has 2 rings (SSSR count). The number of hydrogen-bond donors (Lipinski definition) is 1. The average molecular weight is 249 g/mol. The van der Waals surface area contributed by atoms with E-state index < -0.39 is 0 Å². The number of rotatable bonds is 5. The van der Waals surface area contributed by atoms with E-state index in [-0.39, 0.29) is 0 Å². The van der Waals surface area contributed by atoms with E-state index >= 15 is 0 Å². The molecule has 4 heteroatoms. The molecule has 0 amide bonds. The van der Waals surface area contributed by atoms with E-state index in [0.717, 1.165) is 31.2 Å². The fraction of sp³-hybridized carbons (Fsp3) is 0.643. The molecule has 1 atom stereocenters. The average Bonchev–Trinajstić information content (AvgIpc) is 2.40. The largest absolute Gasteiger partial charge is 0.490 e. The Morgan fingerprint density at radius 1 is 1.50 bits per heavy atom. The highest BCUT2D eigenvalue weighted by Gasteiger charge is 2.22. The van der Waals surface area contributed by atoms with Crippen molar-refractivity contribution in [1.82, 2.24) is 10.3 Å². The number of pyridine rings is 1. The zero-order valence-corrected chi connectivity index (χ0v) is 11.4. The summed E-state index contributed by atoms with van der Waals surface area (Å²) >= 11 is 0. The molecule has 0 saturated carbocycles. The lowest BCUT2D eigenvalue weighted by Gasteiger charge is -2.34. The summed E-state index contributed by atoms with van der Waals surface area (Å²) in [4.78, 5) is 6.82. The van der Waals surface area contributed by atoms with Crippen LogP contribution in [0.1, 0.15) is 26.7 Å². The van der Waals surface area contributed by atoms with Crippen molar-refractivity contribution in [2.24, 2.45) is 0 Å². The van der Waals surface area contributed by atoms with Crippen molar-refractivity contribution in [3.05, 3.63) is 18.3 Å². The fourth-order valence-electron chi connectivity index (χ4n) is 2.51. The van der Waals surface area contributed by atoms with Crippen LogP contribution in [0, 0.1) is 0 Å². The van der Waals surface area contributed by atoms with E-state index in [2.05, 4.69) is 22.1 Å². The maximum Gasteiger partial charge on any atom is 0.171 e. The highest BCUT2D eigenvalue weighted by molar-refractivity contribution is 5.52. The van der Waals surface area contributed by atoms with E-state index in [4.69, 9.17) is 4.74 Å².